The first-order valence-electron chi connectivity index (χ1n) is 20.2. The highest BCUT2D eigenvalue weighted by Gasteiger charge is 2.66. The lowest BCUT2D eigenvalue weighted by atomic mass is 9.56. The van der Waals surface area contributed by atoms with Gasteiger partial charge in [-0.2, -0.15) is 10.5 Å². The van der Waals surface area contributed by atoms with E-state index in [0.717, 1.165) is 34.8 Å². The van der Waals surface area contributed by atoms with Gasteiger partial charge in [0.25, 0.3) is 0 Å². The van der Waals surface area contributed by atoms with Crippen LogP contribution in [-0.2, 0) is 5.41 Å². The molecule has 2 heterocycles. The first-order chi connectivity index (χ1) is 24.9. The number of nitriles is 2. The van der Waals surface area contributed by atoms with E-state index in [1.807, 2.05) is 0 Å². The largest absolute Gasteiger partial charge is 0.308 e. The summed E-state index contributed by atoms with van der Waals surface area (Å²) < 4.78 is 2.60. The molecule has 248 valence electrons. The van der Waals surface area contributed by atoms with E-state index in [4.69, 9.17) is 0 Å². The number of benzene rings is 4. The van der Waals surface area contributed by atoms with Gasteiger partial charge in [-0.25, -0.2) is 0 Å². The molecular weight excluding hydrogens is 619 g/mol. The number of hydrogen-bond acceptors (Lipinski definition) is 2. The smallest absolute Gasteiger partial charge is 0.0995 e. The van der Waals surface area contributed by atoms with Gasteiger partial charge in [0.05, 0.1) is 39.8 Å². The van der Waals surface area contributed by atoms with Crippen molar-refractivity contribution in [2.45, 2.75) is 107 Å². The minimum Gasteiger partial charge on any atom is -0.308 e. The molecular formula is C48H41N3. The fraction of sp³-hybridized carbons (Fsp3) is 0.458. The molecule has 0 amide bonds. The Morgan fingerprint density at radius 2 is 1.24 bits per heavy atom. The minimum absolute atomic E-state index is 0.145. The second-order valence-electron chi connectivity index (χ2n) is 19.5. The number of hydrogen-bond donors (Lipinski definition) is 0. The van der Waals surface area contributed by atoms with Gasteiger partial charge in [-0.15, -0.1) is 0 Å². The van der Waals surface area contributed by atoms with E-state index in [2.05, 4.69) is 72.9 Å². The van der Waals surface area contributed by atoms with Crippen molar-refractivity contribution in [1.82, 2.24) is 4.40 Å². The summed E-state index contributed by atoms with van der Waals surface area (Å²) in [5, 5.41) is 27.7. The van der Waals surface area contributed by atoms with Crippen molar-refractivity contribution in [2.75, 3.05) is 0 Å². The number of nitrogens with zero attached hydrogens (tertiary/aromatic N) is 3. The van der Waals surface area contributed by atoms with Gasteiger partial charge in [0, 0.05) is 27.0 Å². The maximum Gasteiger partial charge on any atom is 0.0995 e. The Morgan fingerprint density at radius 1 is 0.627 bits per heavy atom. The SMILES string of the molecule is CC1(C)c2ccccc2-c2cc3c4c5c(c(C#N)cc4n4c6cc(C#N)c7c(c6c(c21)c34)C1CC2CC3CC7CC32C1)C1CC2CC(C1)CC5C2. The van der Waals surface area contributed by atoms with Gasteiger partial charge in [-0.1, -0.05) is 38.1 Å². The molecule has 5 fully saturated rings. The van der Waals surface area contributed by atoms with Crippen molar-refractivity contribution in [2.24, 2.45) is 29.1 Å². The first kappa shape index (κ1) is 27.3. The lowest BCUT2D eigenvalue weighted by molar-refractivity contribution is 0.00322. The van der Waals surface area contributed by atoms with Crippen LogP contribution >= 0.6 is 0 Å². The molecule has 3 nitrogen and oxygen atoms in total. The summed E-state index contributed by atoms with van der Waals surface area (Å²) in [7, 11) is 0. The molecule has 0 N–H and O–H groups in total. The summed E-state index contributed by atoms with van der Waals surface area (Å²) in [5.41, 5.74) is 17.7. The van der Waals surface area contributed by atoms with E-state index < -0.39 is 0 Å². The van der Waals surface area contributed by atoms with Crippen LogP contribution in [0.15, 0.2) is 42.5 Å². The molecule has 3 heteroatoms. The average molecular weight is 660 g/mol. The summed E-state index contributed by atoms with van der Waals surface area (Å²) in [6.45, 7) is 4.92. The quantitative estimate of drug-likeness (QED) is 0.163. The molecule has 9 aliphatic carbocycles. The first-order valence-corrected chi connectivity index (χ1v) is 20.2. The Morgan fingerprint density at radius 3 is 1.94 bits per heavy atom. The topological polar surface area (TPSA) is 52.0 Å². The van der Waals surface area contributed by atoms with E-state index in [-0.39, 0.29) is 5.41 Å². The molecule has 5 saturated carbocycles. The molecule has 0 radical (unpaired) electrons. The molecule has 0 saturated heterocycles. The normalized spacial score (nSPS) is 35.1. The Hall–Kier alpha value is -4.34. The van der Waals surface area contributed by atoms with E-state index in [9.17, 15) is 10.5 Å². The summed E-state index contributed by atoms with van der Waals surface area (Å²) >= 11 is 0. The molecule has 7 bridgehead atoms. The summed E-state index contributed by atoms with van der Waals surface area (Å²) in [6, 6.07) is 22.1. The highest BCUT2D eigenvalue weighted by atomic mass is 14.9. The van der Waals surface area contributed by atoms with E-state index in [1.165, 1.54) is 141 Å². The van der Waals surface area contributed by atoms with Crippen LogP contribution in [0.5, 0.6) is 0 Å². The molecule has 51 heavy (non-hydrogen) atoms. The molecule has 7 unspecified atom stereocenters. The van der Waals surface area contributed by atoms with Crippen LogP contribution in [0.25, 0.3) is 49.2 Å². The molecule has 7 atom stereocenters. The van der Waals surface area contributed by atoms with Crippen LogP contribution in [0.4, 0.5) is 0 Å². The average Bonchev–Trinajstić information content (AvgIpc) is 3.82. The fourth-order valence-electron chi connectivity index (χ4n) is 16.1. The van der Waals surface area contributed by atoms with Crippen molar-refractivity contribution in [3.8, 4) is 23.3 Å². The van der Waals surface area contributed by atoms with Crippen LogP contribution in [0.1, 0.15) is 146 Å². The molecule has 6 aromatic rings. The van der Waals surface area contributed by atoms with Gasteiger partial charge in [-0.3, -0.25) is 0 Å². The highest BCUT2D eigenvalue weighted by molar-refractivity contribution is 6.28. The van der Waals surface area contributed by atoms with Crippen molar-refractivity contribution in [3.05, 3.63) is 87.0 Å². The lowest BCUT2D eigenvalue weighted by Crippen LogP contribution is -2.41. The number of aromatic nitrogens is 1. The van der Waals surface area contributed by atoms with E-state index in [1.54, 1.807) is 5.56 Å². The second-order valence-corrected chi connectivity index (χ2v) is 19.5. The monoisotopic (exact) mass is 659 g/mol. The zero-order valence-corrected chi connectivity index (χ0v) is 29.6. The minimum atomic E-state index is -0.145. The van der Waals surface area contributed by atoms with Crippen molar-refractivity contribution in [3.63, 3.8) is 0 Å². The second kappa shape index (κ2) is 8.31. The van der Waals surface area contributed by atoms with Gasteiger partial charge >= 0.3 is 0 Å². The van der Waals surface area contributed by atoms with E-state index in [0.29, 0.717) is 29.1 Å². The summed E-state index contributed by atoms with van der Waals surface area (Å²) in [5.74, 6) is 5.41. The third kappa shape index (κ3) is 2.79. The van der Waals surface area contributed by atoms with Gasteiger partial charge in [0.2, 0.25) is 0 Å². The van der Waals surface area contributed by atoms with Crippen molar-refractivity contribution >= 4 is 38.1 Å². The van der Waals surface area contributed by atoms with Crippen LogP contribution in [0, 0.1) is 51.7 Å². The molecule has 1 spiro atoms. The summed E-state index contributed by atoms with van der Waals surface area (Å²) in [6.07, 6.45) is 13.1. The predicted molar refractivity (Wildman–Crippen MR) is 202 cm³/mol. The Balaban J connectivity index is 1.23. The number of fused-ring (bicyclic) bond motifs is 16. The number of rotatable bonds is 0. The van der Waals surface area contributed by atoms with Crippen molar-refractivity contribution < 1.29 is 0 Å². The fourth-order valence-corrected chi connectivity index (χ4v) is 16.1. The maximum atomic E-state index is 11.0. The molecule has 15 rings (SSSR count). The highest BCUT2D eigenvalue weighted by Crippen LogP contribution is 2.77. The van der Waals surface area contributed by atoms with Gasteiger partial charge in [0.15, 0.2) is 0 Å². The zero-order chi connectivity index (χ0) is 33.4. The zero-order valence-electron chi connectivity index (χ0n) is 29.6. The third-order valence-electron chi connectivity index (χ3n) is 17.4. The van der Waals surface area contributed by atoms with Gasteiger partial charge in [-0.05, 0) is 180 Å². The van der Waals surface area contributed by atoms with Gasteiger partial charge < -0.3 is 4.40 Å². The molecule has 4 aromatic carbocycles. The molecule has 9 aliphatic rings. The standard InChI is InChI=1S/C48H41N3/c1-47(2)35-6-4-3-5-32(35)33-17-34-42-36(14-28(20-49)38-24-8-22-7-23(9-24)11-25(10-22)40(38)42)51-37-15-29(21-50)39-26-12-30-16-31-13-27(19-48(30,31)18-26)41(39)43(37)44(45(33)47)46(34)51/h3-6,14-15,17,22-27,30-31H,7-13,16,18-19H2,1-2H3. The molecule has 2 aromatic heterocycles. The molecule has 0 aliphatic heterocycles. The predicted octanol–water partition coefficient (Wildman–Crippen LogP) is 11.7. The van der Waals surface area contributed by atoms with Crippen LogP contribution in [-0.4, -0.2) is 4.40 Å². The lowest BCUT2D eigenvalue weighted by Gasteiger charge is -2.48. The third-order valence-corrected chi connectivity index (χ3v) is 17.4. The van der Waals surface area contributed by atoms with Crippen molar-refractivity contribution in [1.29, 1.82) is 10.5 Å². The van der Waals surface area contributed by atoms with Crippen LogP contribution < -0.4 is 0 Å². The van der Waals surface area contributed by atoms with E-state index >= 15 is 0 Å². The van der Waals surface area contributed by atoms with Gasteiger partial charge in [0.1, 0.15) is 0 Å². The Labute approximate surface area is 298 Å². The Kier molecular flexibility index (Phi) is 4.46. The van der Waals surface area contributed by atoms with Crippen LogP contribution in [0.2, 0.25) is 0 Å². The maximum absolute atomic E-state index is 11.0. The Bertz CT molecular complexity index is 2770. The van der Waals surface area contributed by atoms with Crippen LogP contribution in [0.3, 0.4) is 0 Å². The summed E-state index contributed by atoms with van der Waals surface area (Å²) in [4.78, 5) is 0.